The van der Waals surface area contributed by atoms with Crippen molar-refractivity contribution in [3.63, 3.8) is 0 Å². The van der Waals surface area contributed by atoms with E-state index in [-0.39, 0.29) is 67.2 Å². The van der Waals surface area contributed by atoms with E-state index >= 15 is 0 Å². The van der Waals surface area contributed by atoms with E-state index in [0.29, 0.717) is 89.8 Å². The van der Waals surface area contributed by atoms with Gasteiger partial charge < -0.3 is 57.7 Å². The number of nitrogens with zero attached hydrogens (tertiary/aromatic N) is 3. The minimum atomic E-state index is -1.78. The van der Waals surface area contributed by atoms with Gasteiger partial charge in [0, 0.05) is 65.5 Å². The third-order valence-electron chi connectivity index (χ3n) is 9.97. The molecule has 2 fully saturated rings. The molecule has 306 valence electrons. The number of rotatable bonds is 23. The number of primary amides is 1. The lowest BCUT2D eigenvalue weighted by molar-refractivity contribution is -0.137. The maximum absolute atomic E-state index is 13.0. The van der Waals surface area contributed by atoms with Gasteiger partial charge in [-0.2, -0.15) is 0 Å². The van der Waals surface area contributed by atoms with Crippen LogP contribution in [0.3, 0.4) is 0 Å². The third-order valence-corrected chi connectivity index (χ3v) is 9.97. The van der Waals surface area contributed by atoms with Crippen LogP contribution >= 0.6 is 0 Å². The van der Waals surface area contributed by atoms with E-state index in [1.807, 2.05) is 0 Å². The van der Waals surface area contributed by atoms with Crippen molar-refractivity contribution in [2.45, 2.75) is 127 Å². The molecule has 4 atom stereocenters. The molecule has 0 bridgehead atoms. The Morgan fingerprint density at radius 3 is 2.17 bits per heavy atom. The number of unbranched alkanes of at least 4 members (excludes halogenated alkanes) is 3. The van der Waals surface area contributed by atoms with E-state index in [9.17, 15) is 43.9 Å². The fourth-order valence-corrected chi connectivity index (χ4v) is 6.67. The van der Waals surface area contributed by atoms with Crippen LogP contribution in [0.1, 0.15) is 103 Å². The monoisotopic (exact) mass is 765 g/mol. The van der Waals surface area contributed by atoms with Gasteiger partial charge in [0.1, 0.15) is 12.1 Å². The second-order valence-corrected chi connectivity index (χ2v) is 14.8. The number of hydrogen-bond donors (Lipinski definition) is 9. The Balaban J connectivity index is 1.67. The van der Waals surface area contributed by atoms with Crippen LogP contribution in [0.25, 0.3) is 0 Å². The minimum Gasteiger partial charge on any atom is -0.426 e. The maximum atomic E-state index is 13.0. The number of carbonyl (C=O) groups is 6. The first-order valence-electron chi connectivity index (χ1n) is 19.3. The van der Waals surface area contributed by atoms with E-state index in [1.54, 1.807) is 25.9 Å². The molecule has 1 aliphatic heterocycles. The number of aliphatic hydroxyl groups excluding tert-OH is 1. The maximum Gasteiger partial charge on any atom is 0.475 e. The summed E-state index contributed by atoms with van der Waals surface area (Å²) >= 11 is 0. The van der Waals surface area contributed by atoms with Crippen LogP contribution in [-0.4, -0.2) is 138 Å². The molecule has 11 N–H and O–H groups in total. The lowest BCUT2D eigenvalue weighted by atomic mass is 9.77. The lowest BCUT2D eigenvalue weighted by Crippen LogP contribution is -2.53. The van der Waals surface area contributed by atoms with Crippen LogP contribution in [0, 0.1) is 11.8 Å². The first kappa shape index (κ1) is 46.2. The predicted octanol–water partition coefficient (Wildman–Crippen LogP) is -1.75. The SMILES string of the molecule is C[C@@H](NC(=O)C1CCC(CNC(=O)CCCCNC(=O)[C@H](CCCN=C(N)N(C)C)NC(=O)CCCCCC(N)=O)CC1)C(=O)N1C[C@@H](O)C[C@H]1B(O)O. The molecule has 1 saturated heterocycles. The molecule has 19 heteroatoms. The van der Waals surface area contributed by atoms with Crippen molar-refractivity contribution in [2.24, 2.45) is 28.3 Å². The van der Waals surface area contributed by atoms with Gasteiger partial charge in [-0.3, -0.25) is 33.8 Å². The van der Waals surface area contributed by atoms with E-state index in [0.717, 1.165) is 12.8 Å². The summed E-state index contributed by atoms with van der Waals surface area (Å²) in [4.78, 5) is 81.9. The second kappa shape index (κ2) is 24.4. The number of amides is 6. The van der Waals surface area contributed by atoms with Crippen LogP contribution in [-0.2, 0) is 28.8 Å². The zero-order valence-electron chi connectivity index (χ0n) is 32.3. The molecule has 18 nitrogen and oxygen atoms in total. The van der Waals surface area contributed by atoms with Crippen molar-refractivity contribution in [2.75, 3.05) is 40.3 Å². The number of hydrogen-bond acceptors (Lipinski definition) is 10. The van der Waals surface area contributed by atoms with Crippen molar-refractivity contribution in [3.8, 4) is 0 Å². The highest BCUT2D eigenvalue weighted by Gasteiger charge is 2.42. The minimum absolute atomic E-state index is 0.0223. The zero-order valence-corrected chi connectivity index (χ0v) is 32.3. The van der Waals surface area contributed by atoms with Crippen molar-refractivity contribution in [1.29, 1.82) is 0 Å². The Hall–Kier alpha value is -3.97. The summed E-state index contributed by atoms with van der Waals surface area (Å²) in [6.45, 7) is 2.76. The topological polar surface area (TPSA) is 282 Å². The van der Waals surface area contributed by atoms with E-state index in [4.69, 9.17) is 11.5 Å². The molecule has 0 aromatic rings. The lowest BCUT2D eigenvalue weighted by Gasteiger charge is -2.30. The molecule has 0 aromatic carbocycles. The van der Waals surface area contributed by atoms with Crippen molar-refractivity contribution < 1.29 is 43.9 Å². The number of carbonyl (C=O) groups excluding carboxylic acids is 6. The Morgan fingerprint density at radius 2 is 1.52 bits per heavy atom. The highest BCUT2D eigenvalue weighted by Crippen LogP contribution is 2.29. The number of nitrogens with two attached hydrogens (primary N) is 2. The smallest absolute Gasteiger partial charge is 0.426 e. The Kier molecular flexibility index (Phi) is 20.9. The van der Waals surface area contributed by atoms with Crippen molar-refractivity contribution >= 4 is 48.5 Å². The number of guanidine groups is 1. The summed E-state index contributed by atoms with van der Waals surface area (Å²) in [5.41, 5.74) is 11.0. The molecule has 0 radical (unpaired) electrons. The zero-order chi connectivity index (χ0) is 40.2. The molecule has 0 unspecified atom stereocenters. The molecule has 2 rings (SSSR count). The summed E-state index contributed by atoms with van der Waals surface area (Å²) < 4.78 is 0. The summed E-state index contributed by atoms with van der Waals surface area (Å²) in [5.74, 6) is -2.34. The second-order valence-electron chi connectivity index (χ2n) is 14.8. The fourth-order valence-electron chi connectivity index (χ4n) is 6.67. The molecule has 1 saturated carbocycles. The third kappa shape index (κ3) is 17.5. The molecular weight excluding hydrogens is 701 g/mol. The van der Waals surface area contributed by atoms with Gasteiger partial charge in [0.2, 0.25) is 35.4 Å². The predicted molar refractivity (Wildman–Crippen MR) is 203 cm³/mol. The number of likely N-dealkylation sites (tertiary alicyclic amines) is 1. The molecule has 1 aliphatic carbocycles. The molecule has 2 aliphatic rings. The molecular formula is C35H64BN9O9. The largest absolute Gasteiger partial charge is 0.475 e. The van der Waals surface area contributed by atoms with Gasteiger partial charge in [-0.1, -0.05) is 6.42 Å². The standard InChI is InChI=1S/C35H64BN9O9/c1-23(34(52)45-22-26(46)20-28(45)36(53)54)42-32(50)25-16-14-24(15-17-25)21-41-30(48)12-7-8-18-39-33(51)27(10-9-19-40-35(38)44(2)3)43-31(49)13-6-4-5-11-29(37)47/h23-28,46,53-54H,4-22H2,1-3H3,(H2,37,47)(H2,38,40)(H,39,51)(H,41,48)(H,42,50)(H,43,49)/t23-,24?,25?,26+,27+,28+/m1/s1. The van der Waals surface area contributed by atoms with E-state index < -0.39 is 37.2 Å². The summed E-state index contributed by atoms with van der Waals surface area (Å²) in [6, 6.07) is -1.62. The number of β-amino-alcohol motifs (C(OH)–C–C–N with tert-alkyl or cyclic N) is 1. The Bertz CT molecular complexity index is 1260. The first-order valence-corrected chi connectivity index (χ1v) is 19.3. The van der Waals surface area contributed by atoms with Crippen molar-refractivity contribution in [3.05, 3.63) is 0 Å². The highest BCUT2D eigenvalue weighted by atomic mass is 16.4. The average molecular weight is 766 g/mol. The number of nitrogens with one attached hydrogen (secondary N) is 4. The van der Waals surface area contributed by atoms with Gasteiger partial charge in [-0.25, -0.2) is 0 Å². The van der Waals surface area contributed by atoms with Gasteiger partial charge in [-0.05, 0) is 83.5 Å². The number of aliphatic hydroxyl groups is 1. The van der Waals surface area contributed by atoms with Gasteiger partial charge in [0.15, 0.2) is 5.96 Å². The van der Waals surface area contributed by atoms with Crippen LogP contribution in [0.15, 0.2) is 4.99 Å². The summed E-state index contributed by atoms with van der Waals surface area (Å²) in [6.07, 6.45) is 6.62. The van der Waals surface area contributed by atoms with Crippen LogP contribution in [0.4, 0.5) is 0 Å². The van der Waals surface area contributed by atoms with Crippen LogP contribution in [0.2, 0.25) is 0 Å². The average Bonchev–Trinajstić information content (AvgIpc) is 3.52. The molecule has 0 aromatic heterocycles. The highest BCUT2D eigenvalue weighted by molar-refractivity contribution is 6.43. The summed E-state index contributed by atoms with van der Waals surface area (Å²) in [5, 5.41) is 40.4. The fraction of sp³-hybridized carbons (Fsp3) is 0.800. The molecule has 6 amide bonds. The molecule has 1 heterocycles. The Labute approximate surface area is 319 Å². The summed E-state index contributed by atoms with van der Waals surface area (Å²) in [7, 11) is 1.78. The van der Waals surface area contributed by atoms with Gasteiger partial charge in [0.05, 0.1) is 12.0 Å². The molecule has 54 heavy (non-hydrogen) atoms. The quantitative estimate of drug-likeness (QED) is 0.0243. The Morgan fingerprint density at radius 1 is 0.870 bits per heavy atom. The normalized spacial score (nSPS) is 21.1. The molecule has 0 spiro atoms. The van der Waals surface area contributed by atoms with E-state index in [1.165, 1.54) is 4.90 Å². The van der Waals surface area contributed by atoms with Gasteiger partial charge in [-0.15, -0.1) is 0 Å². The van der Waals surface area contributed by atoms with Gasteiger partial charge >= 0.3 is 7.12 Å². The van der Waals surface area contributed by atoms with E-state index in [2.05, 4.69) is 26.3 Å². The van der Waals surface area contributed by atoms with Crippen LogP contribution < -0.4 is 32.7 Å². The number of aliphatic imine (C=N–C) groups is 1. The first-order chi connectivity index (χ1) is 25.6. The van der Waals surface area contributed by atoms with Crippen molar-refractivity contribution in [1.82, 2.24) is 31.1 Å². The van der Waals surface area contributed by atoms with Gasteiger partial charge in [0.25, 0.3) is 0 Å². The van der Waals surface area contributed by atoms with Crippen LogP contribution in [0.5, 0.6) is 0 Å².